The number of nitrogens with zero attached hydrogens (tertiary/aromatic N) is 2. The lowest BCUT2D eigenvalue weighted by Gasteiger charge is -2.12. The van der Waals surface area contributed by atoms with E-state index in [1.807, 2.05) is 0 Å². The van der Waals surface area contributed by atoms with Gasteiger partial charge in [-0.1, -0.05) is 30.3 Å². The summed E-state index contributed by atoms with van der Waals surface area (Å²) in [5.74, 6) is -0.742. The van der Waals surface area contributed by atoms with E-state index in [1.54, 1.807) is 61.7 Å². The van der Waals surface area contributed by atoms with Crippen LogP contribution in [0.25, 0.3) is 6.08 Å². The van der Waals surface area contributed by atoms with Crippen molar-refractivity contribution >= 4 is 40.6 Å². The fourth-order valence-corrected chi connectivity index (χ4v) is 4.27. The highest BCUT2D eigenvalue weighted by Gasteiger charge is 2.30. The summed E-state index contributed by atoms with van der Waals surface area (Å²) in [6.45, 7) is 0.0471. The van der Waals surface area contributed by atoms with Crippen LogP contribution < -0.4 is 9.47 Å². The Morgan fingerprint density at radius 2 is 1.91 bits per heavy atom. The van der Waals surface area contributed by atoms with Gasteiger partial charge in [-0.2, -0.15) is 0 Å². The molecule has 7 nitrogen and oxygen atoms in total. The Balaban J connectivity index is 1.54. The molecule has 0 unspecified atom stereocenters. The summed E-state index contributed by atoms with van der Waals surface area (Å²) in [5.41, 5.74) is 1.69. The van der Waals surface area contributed by atoms with Crippen LogP contribution in [0, 0.1) is 5.82 Å². The molecule has 0 aliphatic carbocycles. The number of benzene rings is 3. The molecule has 1 aliphatic rings. The number of ether oxygens (including phenoxy) is 2. The first kappa shape index (κ1) is 24.0. The minimum atomic E-state index is -1.05. The number of hydrogen-bond donors (Lipinski definition) is 1. The van der Waals surface area contributed by atoms with Gasteiger partial charge in [0.25, 0.3) is 5.91 Å². The number of amides is 1. The van der Waals surface area contributed by atoms with Crippen molar-refractivity contribution in [3.05, 3.63) is 94.1 Å². The van der Waals surface area contributed by atoms with Gasteiger partial charge in [-0.05, 0) is 59.8 Å². The molecule has 0 radical (unpaired) electrons. The van der Waals surface area contributed by atoms with Gasteiger partial charge in [-0.15, -0.1) is 0 Å². The zero-order valence-corrected chi connectivity index (χ0v) is 19.7. The fraction of sp³-hybridized carbons (Fsp3) is 0.115. The van der Waals surface area contributed by atoms with Crippen LogP contribution in [0.2, 0.25) is 0 Å². The molecule has 1 N–H and O–H groups in total. The van der Waals surface area contributed by atoms with Gasteiger partial charge >= 0.3 is 5.97 Å². The third-order valence-electron chi connectivity index (χ3n) is 5.15. The number of carbonyl (C=O) groups is 2. The maximum Gasteiger partial charge on any atom is 0.335 e. The van der Waals surface area contributed by atoms with Crippen LogP contribution in [0.3, 0.4) is 0 Å². The standard InChI is InChI=1S/C26H21FN2O5S/c1-29-24(30)23(35-26(29)28-19-8-5-7-17(14-19)25(31)32)13-16-10-11-21(22(12-16)33-2)34-15-18-6-3-4-9-20(18)27/h3-14H,15H2,1-2H3,(H,31,32)/b23-13-,28-26?. The normalized spacial score (nSPS) is 15.6. The van der Waals surface area contributed by atoms with Crippen molar-refractivity contribution in [2.75, 3.05) is 14.2 Å². The van der Waals surface area contributed by atoms with E-state index in [1.165, 1.54) is 42.0 Å². The maximum absolute atomic E-state index is 13.9. The summed E-state index contributed by atoms with van der Waals surface area (Å²) in [5, 5.41) is 9.60. The SMILES string of the molecule is COc1cc(/C=C2\SC(=Nc3cccc(C(=O)O)c3)N(C)C2=O)ccc1OCc1ccccc1F. The Morgan fingerprint density at radius 1 is 1.11 bits per heavy atom. The Bertz CT molecular complexity index is 1360. The number of hydrogen-bond acceptors (Lipinski definition) is 6. The molecule has 1 aliphatic heterocycles. The number of aromatic carboxylic acids is 1. The topological polar surface area (TPSA) is 88.4 Å². The number of methoxy groups -OCH3 is 1. The van der Waals surface area contributed by atoms with Crippen LogP contribution in [0.15, 0.2) is 76.6 Å². The van der Waals surface area contributed by atoms with Crippen LogP contribution in [-0.4, -0.2) is 41.2 Å². The lowest BCUT2D eigenvalue weighted by atomic mass is 10.1. The molecule has 0 spiro atoms. The molecule has 1 saturated heterocycles. The van der Waals surface area contributed by atoms with Gasteiger partial charge < -0.3 is 14.6 Å². The van der Waals surface area contributed by atoms with E-state index >= 15 is 0 Å². The van der Waals surface area contributed by atoms with Crippen LogP contribution in [0.4, 0.5) is 10.1 Å². The molecular formula is C26H21FN2O5S. The van der Waals surface area contributed by atoms with Gasteiger partial charge in [0.2, 0.25) is 0 Å². The minimum Gasteiger partial charge on any atom is -0.493 e. The summed E-state index contributed by atoms with van der Waals surface area (Å²) < 4.78 is 25.0. The van der Waals surface area contributed by atoms with Crippen molar-refractivity contribution in [1.29, 1.82) is 0 Å². The van der Waals surface area contributed by atoms with Crippen molar-refractivity contribution in [2.24, 2.45) is 4.99 Å². The van der Waals surface area contributed by atoms with E-state index < -0.39 is 5.97 Å². The molecule has 0 atom stereocenters. The lowest BCUT2D eigenvalue weighted by Crippen LogP contribution is -2.23. The number of aliphatic imine (C=N–C) groups is 1. The molecule has 35 heavy (non-hydrogen) atoms. The first-order chi connectivity index (χ1) is 16.9. The summed E-state index contributed by atoms with van der Waals surface area (Å²) >= 11 is 1.18. The highest BCUT2D eigenvalue weighted by atomic mass is 32.2. The highest BCUT2D eigenvalue weighted by Crippen LogP contribution is 2.35. The molecule has 178 valence electrons. The van der Waals surface area contributed by atoms with Crippen LogP contribution in [-0.2, 0) is 11.4 Å². The highest BCUT2D eigenvalue weighted by molar-refractivity contribution is 8.18. The number of rotatable bonds is 7. The average molecular weight is 493 g/mol. The molecule has 1 fully saturated rings. The predicted octanol–water partition coefficient (Wildman–Crippen LogP) is 5.35. The number of carboxylic acids is 1. The maximum atomic E-state index is 13.9. The molecule has 4 rings (SSSR count). The second-order valence-corrected chi connectivity index (χ2v) is 8.52. The van der Waals surface area contributed by atoms with Gasteiger partial charge in [0, 0.05) is 12.6 Å². The molecule has 3 aromatic carbocycles. The van der Waals surface area contributed by atoms with Crippen molar-refractivity contribution in [1.82, 2.24) is 4.90 Å². The van der Waals surface area contributed by atoms with Crippen molar-refractivity contribution in [3.63, 3.8) is 0 Å². The monoisotopic (exact) mass is 492 g/mol. The Labute approximate surface area is 205 Å². The number of halogens is 1. The second kappa shape index (κ2) is 10.4. The number of amidine groups is 1. The smallest absolute Gasteiger partial charge is 0.335 e. The first-order valence-corrected chi connectivity index (χ1v) is 11.3. The minimum absolute atomic E-state index is 0.0471. The number of thioether (sulfide) groups is 1. The van der Waals surface area contributed by atoms with E-state index in [4.69, 9.17) is 9.47 Å². The summed E-state index contributed by atoms with van der Waals surface area (Å²) in [6, 6.07) is 17.8. The van der Waals surface area contributed by atoms with E-state index in [0.717, 1.165) is 0 Å². The predicted molar refractivity (Wildman–Crippen MR) is 133 cm³/mol. The van der Waals surface area contributed by atoms with Gasteiger partial charge in [0.05, 0.1) is 23.3 Å². The third kappa shape index (κ3) is 5.52. The zero-order chi connectivity index (χ0) is 24.9. The largest absolute Gasteiger partial charge is 0.493 e. The molecule has 9 heteroatoms. The summed E-state index contributed by atoms with van der Waals surface area (Å²) in [4.78, 5) is 30.3. The van der Waals surface area contributed by atoms with Crippen LogP contribution >= 0.6 is 11.8 Å². The number of likely N-dealkylation sites (N-methyl/N-ethyl adjacent to an activating group) is 1. The van der Waals surface area contributed by atoms with Gasteiger partial charge in [0.15, 0.2) is 16.7 Å². The molecule has 0 aromatic heterocycles. The molecular weight excluding hydrogens is 471 g/mol. The molecule has 0 saturated carbocycles. The summed E-state index contributed by atoms with van der Waals surface area (Å²) in [7, 11) is 3.11. The van der Waals surface area contributed by atoms with Crippen LogP contribution in [0.5, 0.6) is 11.5 Å². The van der Waals surface area contributed by atoms with Gasteiger partial charge in [-0.25, -0.2) is 14.2 Å². The lowest BCUT2D eigenvalue weighted by molar-refractivity contribution is -0.121. The van der Waals surface area contributed by atoms with E-state index in [-0.39, 0.29) is 23.9 Å². The Kier molecular flexibility index (Phi) is 7.17. The first-order valence-electron chi connectivity index (χ1n) is 10.5. The Morgan fingerprint density at radius 3 is 2.66 bits per heavy atom. The molecule has 3 aromatic rings. The van der Waals surface area contributed by atoms with Crippen molar-refractivity contribution < 1.29 is 28.6 Å². The fourth-order valence-electron chi connectivity index (χ4n) is 3.29. The quantitative estimate of drug-likeness (QED) is 0.448. The third-order valence-corrected chi connectivity index (χ3v) is 6.21. The molecule has 0 bridgehead atoms. The van der Waals surface area contributed by atoms with E-state index in [0.29, 0.717) is 38.4 Å². The van der Waals surface area contributed by atoms with Crippen LogP contribution in [0.1, 0.15) is 21.5 Å². The van der Waals surface area contributed by atoms with Gasteiger partial charge in [0.1, 0.15) is 12.4 Å². The Hall–Kier alpha value is -4.11. The van der Waals surface area contributed by atoms with Crippen molar-refractivity contribution in [3.8, 4) is 11.5 Å². The van der Waals surface area contributed by atoms with Crippen molar-refractivity contribution in [2.45, 2.75) is 6.61 Å². The average Bonchev–Trinajstić information content (AvgIpc) is 3.11. The molecule has 1 amide bonds. The zero-order valence-electron chi connectivity index (χ0n) is 18.9. The van der Waals surface area contributed by atoms with E-state index in [2.05, 4.69) is 4.99 Å². The second-order valence-electron chi connectivity index (χ2n) is 7.52. The molecule has 1 heterocycles. The van der Waals surface area contributed by atoms with Gasteiger partial charge in [-0.3, -0.25) is 9.69 Å². The number of carbonyl (C=O) groups excluding carboxylic acids is 1. The summed E-state index contributed by atoms with van der Waals surface area (Å²) in [6.07, 6.45) is 1.71. The number of carboxylic acid groups (broad SMARTS) is 1. The van der Waals surface area contributed by atoms with E-state index in [9.17, 15) is 19.1 Å².